The minimum absolute atomic E-state index is 0.0590. The summed E-state index contributed by atoms with van der Waals surface area (Å²) >= 11 is 4.68. The van der Waals surface area contributed by atoms with Gasteiger partial charge in [-0.3, -0.25) is 4.79 Å². The lowest BCUT2D eigenvalue weighted by Crippen LogP contribution is -2.21. The van der Waals surface area contributed by atoms with Crippen LogP contribution in [0.5, 0.6) is 0 Å². The molecule has 124 valence electrons. The third-order valence-electron chi connectivity index (χ3n) is 3.00. The Balaban J connectivity index is 3.06. The van der Waals surface area contributed by atoms with Gasteiger partial charge in [0.2, 0.25) is 5.91 Å². The number of halogens is 2. The number of alkyl halides is 1. The van der Waals surface area contributed by atoms with E-state index < -0.39 is 0 Å². The Morgan fingerprint density at radius 2 is 2.00 bits per heavy atom. The Kier molecular flexibility index (Phi) is 8.53. The average molecular weight is 535 g/mol. The summed E-state index contributed by atoms with van der Waals surface area (Å²) in [4.78, 5) is 11.5. The molecule has 4 heteroatoms. The zero-order valence-corrected chi connectivity index (χ0v) is 18.3. The van der Waals surface area contributed by atoms with Gasteiger partial charge < -0.3 is 5.32 Å². The number of rotatable bonds is 5. The molecule has 0 heterocycles. The monoisotopic (exact) mass is 535 g/mol. The summed E-state index contributed by atoms with van der Waals surface area (Å²) in [7, 11) is 0. The summed E-state index contributed by atoms with van der Waals surface area (Å²) in [5.41, 5.74) is 1.83. The first-order valence-corrected chi connectivity index (χ1v) is 9.79. The van der Waals surface area contributed by atoms with E-state index in [9.17, 15) is 4.79 Å². The van der Waals surface area contributed by atoms with Crippen molar-refractivity contribution in [2.24, 2.45) is 5.41 Å². The van der Waals surface area contributed by atoms with E-state index in [2.05, 4.69) is 102 Å². The fourth-order valence-electron chi connectivity index (χ4n) is 1.99. The SMILES string of the molecule is CC(=O)NC1=CC=CC(C)(C)C=C1/C(I)=C/C=C\C=C\C(C)I. The van der Waals surface area contributed by atoms with Gasteiger partial charge in [-0.15, -0.1) is 0 Å². The smallest absolute Gasteiger partial charge is 0.221 e. The highest BCUT2D eigenvalue weighted by Gasteiger charge is 2.18. The van der Waals surface area contributed by atoms with Crippen molar-refractivity contribution in [3.63, 3.8) is 0 Å². The van der Waals surface area contributed by atoms with Gasteiger partial charge in [-0.25, -0.2) is 0 Å². The number of amides is 1. The van der Waals surface area contributed by atoms with E-state index in [0.717, 1.165) is 14.8 Å². The lowest BCUT2D eigenvalue weighted by molar-refractivity contribution is -0.118. The van der Waals surface area contributed by atoms with Crippen molar-refractivity contribution in [3.8, 4) is 0 Å². The highest BCUT2D eigenvalue weighted by atomic mass is 127. The Morgan fingerprint density at radius 1 is 1.30 bits per heavy atom. The van der Waals surface area contributed by atoms with Crippen molar-refractivity contribution in [2.75, 3.05) is 0 Å². The van der Waals surface area contributed by atoms with Gasteiger partial charge in [-0.1, -0.05) is 79.0 Å². The molecule has 0 aliphatic heterocycles. The maximum absolute atomic E-state index is 11.5. The largest absolute Gasteiger partial charge is 0.326 e. The second-order valence-corrected chi connectivity index (χ2v) is 9.09. The molecule has 0 aromatic heterocycles. The number of carbonyl (C=O) groups excluding carboxylic acids is 1. The van der Waals surface area contributed by atoms with Crippen LogP contribution in [0.4, 0.5) is 0 Å². The first kappa shape index (κ1) is 20.4. The normalized spacial score (nSPS) is 19.5. The molecule has 0 fully saturated rings. The predicted octanol–water partition coefficient (Wildman–Crippen LogP) is 5.78. The van der Waals surface area contributed by atoms with E-state index in [4.69, 9.17) is 0 Å². The number of allylic oxidation sites excluding steroid dienone is 10. The summed E-state index contributed by atoms with van der Waals surface area (Å²) < 4.78 is 1.61. The molecule has 1 unspecified atom stereocenters. The van der Waals surface area contributed by atoms with E-state index in [1.807, 2.05) is 24.3 Å². The molecule has 0 aromatic rings. The second-order valence-electron chi connectivity index (χ2n) is 5.96. The van der Waals surface area contributed by atoms with Gasteiger partial charge in [0, 0.05) is 31.1 Å². The van der Waals surface area contributed by atoms with Crippen LogP contribution in [0.25, 0.3) is 0 Å². The lowest BCUT2D eigenvalue weighted by atomic mass is 9.91. The molecule has 0 bridgehead atoms. The third-order valence-corrected chi connectivity index (χ3v) is 4.36. The summed E-state index contributed by atoms with van der Waals surface area (Å²) in [6.07, 6.45) is 18.6. The topological polar surface area (TPSA) is 29.1 Å². The minimum Gasteiger partial charge on any atom is -0.326 e. The fraction of sp³-hybridized carbons (Fsp3) is 0.316. The average Bonchev–Trinajstić information content (AvgIpc) is 2.56. The van der Waals surface area contributed by atoms with Crippen molar-refractivity contribution >= 4 is 51.1 Å². The molecular weight excluding hydrogens is 512 g/mol. The van der Waals surface area contributed by atoms with Gasteiger partial charge in [0.15, 0.2) is 0 Å². The predicted molar refractivity (Wildman–Crippen MR) is 117 cm³/mol. The van der Waals surface area contributed by atoms with Crippen molar-refractivity contribution < 1.29 is 4.79 Å². The molecule has 0 saturated carbocycles. The number of hydrogen-bond donors (Lipinski definition) is 1. The van der Waals surface area contributed by atoms with Crippen LogP contribution in [-0.4, -0.2) is 9.83 Å². The van der Waals surface area contributed by atoms with Gasteiger partial charge in [0.1, 0.15) is 0 Å². The Morgan fingerprint density at radius 3 is 2.61 bits per heavy atom. The molecular formula is C19H23I2NO. The zero-order chi connectivity index (χ0) is 17.5. The van der Waals surface area contributed by atoms with Crippen molar-refractivity contribution in [1.29, 1.82) is 0 Å². The highest BCUT2D eigenvalue weighted by molar-refractivity contribution is 14.1. The van der Waals surface area contributed by atoms with Crippen LogP contribution in [0, 0.1) is 5.41 Å². The van der Waals surface area contributed by atoms with E-state index in [-0.39, 0.29) is 11.3 Å². The summed E-state index contributed by atoms with van der Waals surface area (Å²) in [6.45, 7) is 7.97. The molecule has 1 atom stereocenters. The van der Waals surface area contributed by atoms with E-state index in [0.29, 0.717) is 3.92 Å². The lowest BCUT2D eigenvalue weighted by Gasteiger charge is -2.18. The van der Waals surface area contributed by atoms with E-state index in [1.54, 1.807) is 0 Å². The number of nitrogens with one attached hydrogen (secondary N) is 1. The van der Waals surface area contributed by atoms with Crippen molar-refractivity contribution in [3.05, 3.63) is 69.5 Å². The van der Waals surface area contributed by atoms with Gasteiger partial charge in [-0.05, 0) is 41.7 Å². The maximum atomic E-state index is 11.5. The standard InChI is InChI=1S/C19H23I2NO/c1-14(20)9-6-5-7-10-17(21)16-13-19(3,4)12-8-11-18(16)22-15(2)23/h5-14H,1-4H3,(H,22,23)/b7-5-,9-6+,17-10-. The van der Waals surface area contributed by atoms with Crippen molar-refractivity contribution in [1.82, 2.24) is 5.32 Å². The van der Waals surface area contributed by atoms with Crippen LogP contribution in [0.1, 0.15) is 27.7 Å². The quantitative estimate of drug-likeness (QED) is 0.270. The maximum Gasteiger partial charge on any atom is 0.221 e. The third kappa shape index (κ3) is 8.15. The van der Waals surface area contributed by atoms with E-state index >= 15 is 0 Å². The van der Waals surface area contributed by atoms with Crippen LogP contribution in [0.15, 0.2) is 69.5 Å². The van der Waals surface area contributed by atoms with Crippen LogP contribution in [0.3, 0.4) is 0 Å². The summed E-state index contributed by atoms with van der Waals surface area (Å²) in [6, 6.07) is 0. The minimum atomic E-state index is -0.0611. The van der Waals surface area contributed by atoms with E-state index in [1.165, 1.54) is 6.92 Å². The number of hydrogen-bond acceptors (Lipinski definition) is 1. The van der Waals surface area contributed by atoms with Gasteiger partial charge in [-0.2, -0.15) is 0 Å². The first-order chi connectivity index (χ1) is 10.7. The summed E-state index contributed by atoms with van der Waals surface area (Å²) in [5.74, 6) is -0.0611. The molecule has 0 radical (unpaired) electrons. The molecule has 1 N–H and O–H groups in total. The van der Waals surface area contributed by atoms with Crippen LogP contribution < -0.4 is 5.32 Å². The van der Waals surface area contributed by atoms with Crippen molar-refractivity contribution in [2.45, 2.75) is 31.6 Å². The van der Waals surface area contributed by atoms with Crippen LogP contribution in [-0.2, 0) is 4.79 Å². The first-order valence-electron chi connectivity index (χ1n) is 7.47. The van der Waals surface area contributed by atoms with Gasteiger partial charge in [0.25, 0.3) is 0 Å². The Bertz CT molecular complexity index is 617. The van der Waals surface area contributed by atoms with Crippen LogP contribution in [0.2, 0.25) is 0 Å². The molecule has 0 aromatic carbocycles. The highest BCUT2D eigenvalue weighted by Crippen LogP contribution is 2.32. The molecule has 1 amide bonds. The molecule has 2 nitrogen and oxygen atoms in total. The fourth-order valence-corrected chi connectivity index (χ4v) is 2.88. The molecule has 0 spiro atoms. The summed E-state index contributed by atoms with van der Waals surface area (Å²) in [5, 5.41) is 2.92. The molecule has 0 saturated heterocycles. The molecule has 1 aliphatic rings. The van der Waals surface area contributed by atoms with Gasteiger partial charge >= 0.3 is 0 Å². The molecule has 1 aliphatic carbocycles. The number of carbonyl (C=O) groups is 1. The Hall–Kier alpha value is -0.630. The molecule has 1 rings (SSSR count). The molecule has 23 heavy (non-hydrogen) atoms. The second kappa shape index (κ2) is 9.61. The zero-order valence-electron chi connectivity index (χ0n) is 13.9. The van der Waals surface area contributed by atoms with Gasteiger partial charge in [0.05, 0.1) is 0 Å². The Labute approximate surface area is 166 Å². The van der Waals surface area contributed by atoms with Crippen LogP contribution >= 0.6 is 45.2 Å².